The van der Waals surface area contributed by atoms with Gasteiger partial charge in [0.1, 0.15) is 0 Å². The summed E-state index contributed by atoms with van der Waals surface area (Å²) >= 11 is 0. The van der Waals surface area contributed by atoms with E-state index in [1.807, 2.05) is 31.2 Å². The van der Waals surface area contributed by atoms with E-state index in [0.717, 1.165) is 16.0 Å². The first-order valence-corrected chi connectivity index (χ1v) is 7.43. The fourth-order valence-corrected chi connectivity index (χ4v) is 2.45. The second-order valence-electron chi connectivity index (χ2n) is 6.14. The number of carbonyl (C=O) groups is 3. The number of urea groups is 2. The van der Waals surface area contributed by atoms with Crippen LogP contribution in [-0.4, -0.2) is 34.6 Å². The molecule has 1 fully saturated rings. The quantitative estimate of drug-likeness (QED) is 0.742. The number of amides is 4. The molecule has 1 aliphatic rings. The molecule has 0 atom stereocenters. The van der Waals surface area contributed by atoms with E-state index in [-0.39, 0.29) is 19.5 Å². The number of carboxylic acid groups (broad SMARTS) is 1. The van der Waals surface area contributed by atoms with Crippen molar-refractivity contribution in [2.24, 2.45) is 11.1 Å². The van der Waals surface area contributed by atoms with Crippen LogP contribution >= 0.6 is 0 Å². The van der Waals surface area contributed by atoms with Crippen LogP contribution in [0.1, 0.15) is 30.4 Å². The number of nitrogens with two attached hydrogens (primary N) is 1. The maximum absolute atomic E-state index is 12.2. The molecule has 0 unspecified atom stereocenters. The van der Waals surface area contributed by atoms with Crippen molar-refractivity contribution in [2.75, 3.05) is 6.54 Å². The Morgan fingerprint density at radius 1 is 1.26 bits per heavy atom. The SMILES string of the molecule is Cc1ccc(CNC(=O)N(CC2(CC(=O)O)CC2)C(N)=O)cc1. The minimum atomic E-state index is -0.938. The Morgan fingerprint density at radius 3 is 2.35 bits per heavy atom. The summed E-state index contributed by atoms with van der Waals surface area (Å²) in [6.45, 7) is 2.28. The number of carbonyl (C=O) groups excluding carboxylic acids is 2. The van der Waals surface area contributed by atoms with E-state index in [2.05, 4.69) is 5.32 Å². The van der Waals surface area contributed by atoms with Gasteiger partial charge in [0, 0.05) is 13.1 Å². The first kappa shape index (κ1) is 16.8. The largest absolute Gasteiger partial charge is 0.481 e. The number of nitrogens with zero attached hydrogens (tertiary/aromatic N) is 1. The van der Waals surface area contributed by atoms with Crippen LogP contribution in [0.4, 0.5) is 9.59 Å². The van der Waals surface area contributed by atoms with E-state index in [1.165, 1.54) is 0 Å². The van der Waals surface area contributed by atoms with Crippen molar-refractivity contribution in [1.82, 2.24) is 10.2 Å². The zero-order valence-electron chi connectivity index (χ0n) is 13.0. The number of aliphatic carboxylic acids is 1. The lowest BCUT2D eigenvalue weighted by atomic mass is 10.0. The molecule has 0 bridgehead atoms. The average Bonchev–Trinajstić information content (AvgIpc) is 3.22. The van der Waals surface area contributed by atoms with Gasteiger partial charge in [0.05, 0.1) is 6.42 Å². The summed E-state index contributed by atoms with van der Waals surface area (Å²) in [4.78, 5) is 35.5. The summed E-state index contributed by atoms with van der Waals surface area (Å²) in [5, 5.41) is 11.6. The van der Waals surface area contributed by atoms with Crippen molar-refractivity contribution >= 4 is 18.0 Å². The van der Waals surface area contributed by atoms with Crippen molar-refractivity contribution in [1.29, 1.82) is 0 Å². The molecule has 0 aliphatic heterocycles. The maximum Gasteiger partial charge on any atom is 0.325 e. The third kappa shape index (κ3) is 4.70. The summed E-state index contributed by atoms with van der Waals surface area (Å²) in [5.41, 5.74) is 6.76. The summed E-state index contributed by atoms with van der Waals surface area (Å²) in [6, 6.07) is 6.16. The molecular weight excluding hydrogens is 298 g/mol. The third-order valence-electron chi connectivity index (χ3n) is 4.05. The van der Waals surface area contributed by atoms with Gasteiger partial charge in [-0.1, -0.05) is 29.8 Å². The second kappa shape index (κ2) is 6.68. The third-order valence-corrected chi connectivity index (χ3v) is 4.05. The Balaban J connectivity index is 1.94. The molecule has 0 heterocycles. The first-order valence-electron chi connectivity index (χ1n) is 7.43. The normalized spacial score (nSPS) is 14.8. The topological polar surface area (TPSA) is 113 Å². The van der Waals surface area contributed by atoms with Crippen LogP contribution in [0, 0.1) is 12.3 Å². The molecule has 4 N–H and O–H groups in total. The van der Waals surface area contributed by atoms with Crippen molar-refractivity contribution in [3.05, 3.63) is 35.4 Å². The average molecular weight is 319 g/mol. The highest BCUT2D eigenvalue weighted by Gasteiger charge is 2.47. The Bertz CT molecular complexity index is 608. The van der Waals surface area contributed by atoms with Crippen LogP contribution in [0.25, 0.3) is 0 Å². The van der Waals surface area contributed by atoms with Crippen molar-refractivity contribution in [2.45, 2.75) is 32.7 Å². The molecule has 0 aromatic heterocycles. The molecule has 7 heteroatoms. The summed E-state index contributed by atoms with van der Waals surface area (Å²) in [5.74, 6) is -0.938. The van der Waals surface area contributed by atoms with Crippen LogP contribution in [0.15, 0.2) is 24.3 Å². The molecule has 4 amide bonds. The van der Waals surface area contributed by atoms with Crippen LogP contribution in [0.5, 0.6) is 0 Å². The minimum Gasteiger partial charge on any atom is -0.481 e. The molecule has 7 nitrogen and oxygen atoms in total. The monoisotopic (exact) mass is 319 g/mol. The lowest BCUT2D eigenvalue weighted by Gasteiger charge is -2.24. The minimum absolute atomic E-state index is 0.0361. The number of hydrogen-bond acceptors (Lipinski definition) is 3. The van der Waals surface area contributed by atoms with Crippen LogP contribution < -0.4 is 11.1 Å². The fourth-order valence-electron chi connectivity index (χ4n) is 2.45. The molecule has 124 valence electrons. The summed E-state index contributed by atoms with van der Waals surface area (Å²) in [7, 11) is 0. The highest BCUT2D eigenvalue weighted by molar-refractivity contribution is 5.92. The van der Waals surface area contributed by atoms with E-state index in [4.69, 9.17) is 10.8 Å². The Morgan fingerprint density at radius 2 is 1.87 bits per heavy atom. The van der Waals surface area contributed by atoms with E-state index >= 15 is 0 Å². The van der Waals surface area contributed by atoms with Gasteiger partial charge in [0.25, 0.3) is 0 Å². The zero-order valence-corrected chi connectivity index (χ0v) is 13.0. The van der Waals surface area contributed by atoms with Gasteiger partial charge in [-0.2, -0.15) is 0 Å². The second-order valence-corrected chi connectivity index (χ2v) is 6.14. The molecule has 0 spiro atoms. The van der Waals surface area contributed by atoms with Crippen molar-refractivity contribution in [3.63, 3.8) is 0 Å². The highest BCUT2D eigenvalue weighted by atomic mass is 16.4. The molecule has 1 saturated carbocycles. The van der Waals surface area contributed by atoms with Gasteiger partial charge in [-0.3, -0.25) is 4.79 Å². The van der Waals surface area contributed by atoms with E-state index in [1.54, 1.807) is 0 Å². The van der Waals surface area contributed by atoms with E-state index in [0.29, 0.717) is 12.8 Å². The Labute approximate surface area is 134 Å². The number of imide groups is 1. The summed E-state index contributed by atoms with van der Waals surface area (Å²) < 4.78 is 0. The molecule has 0 saturated heterocycles. The number of hydrogen-bond donors (Lipinski definition) is 3. The number of nitrogens with one attached hydrogen (secondary N) is 1. The maximum atomic E-state index is 12.2. The van der Waals surface area contributed by atoms with Gasteiger partial charge in [0.2, 0.25) is 0 Å². The van der Waals surface area contributed by atoms with Gasteiger partial charge < -0.3 is 16.2 Å². The molecule has 1 aliphatic carbocycles. The Kier molecular flexibility index (Phi) is 4.88. The molecular formula is C16H21N3O4. The first-order chi connectivity index (χ1) is 10.8. The lowest BCUT2D eigenvalue weighted by molar-refractivity contribution is -0.138. The predicted octanol–water partition coefficient (Wildman–Crippen LogP) is 1.84. The van der Waals surface area contributed by atoms with Gasteiger partial charge in [-0.15, -0.1) is 0 Å². The fraction of sp³-hybridized carbons (Fsp3) is 0.438. The number of rotatable bonds is 6. The van der Waals surface area contributed by atoms with Gasteiger partial charge >= 0.3 is 18.0 Å². The van der Waals surface area contributed by atoms with Gasteiger partial charge in [-0.25, -0.2) is 14.5 Å². The van der Waals surface area contributed by atoms with Crippen LogP contribution in [-0.2, 0) is 11.3 Å². The number of carboxylic acids is 1. The molecule has 23 heavy (non-hydrogen) atoms. The van der Waals surface area contributed by atoms with E-state index < -0.39 is 23.4 Å². The molecule has 2 rings (SSSR count). The van der Waals surface area contributed by atoms with Gasteiger partial charge in [-0.05, 0) is 30.7 Å². The van der Waals surface area contributed by atoms with Crippen molar-refractivity contribution in [3.8, 4) is 0 Å². The number of aryl methyl sites for hydroxylation is 1. The van der Waals surface area contributed by atoms with Gasteiger partial charge in [0.15, 0.2) is 0 Å². The number of benzene rings is 1. The zero-order chi connectivity index (χ0) is 17.0. The van der Waals surface area contributed by atoms with Crippen LogP contribution in [0.2, 0.25) is 0 Å². The highest BCUT2D eigenvalue weighted by Crippen LogP contribution is 2.49. The van der Waals surface area contributed by atoms with E-state index in [9.17, 15) is 14.4 Å². The standard InChI is InChI=1S/C16H21N3O4/c1-11-2-4-12(5-3-11)9-18-15(23)19(14(17)22)10-16(6-7-16)8-13(20)21/h2-5H,6-10H2,1H3,(H2,17,22)(H,18,23)(H,20,21). The molecule has 1 aromatic rings. The smallest absolute Gasteiger partial charge is 0.325 e. The number of primary amides is 1. The lowest BCUT2D eigenvalue weighted by Crippen LogP contribution is -2.49. The Hall–Kier alpha value is -2.57. The van der Waals surface area contributed by atoms with Crippen molar-refractivity contribution < 1.29 is 19.5 Å². The van der Waals surface area contributed by atoms with Crippen LogP contribution in [0.3, 0.4) is 0 Å². The predicted molar refractivity (Wildman–Crippen MR) is 83.6 cm³/mol. The molecule has 0 radical (unpaired) electrons. The molecule has 1 aromatic carbocycles. The summed E-state index contributed by atoms with van der Waals surface area (Å²) in [6.07, 6.45) is 1.28.